The fourth-order valence-electron chi connectivity index (χ4n) is 2.46. The Bertz CT molecular complexity index is 591. The zero-order chi connectivity index (χ0) is 14.4. The molecule has 0 bridgehead atoms. The van der Waals surface area contributed by atoms with Gasteiger partial charge in [0.25, 0.3) is 0 Å². The quantitative estimate of drug-likeness (QED) is 0.758. The van der Waals surface area contributed by atoms with Gasteiger partial charge < -0.3 is 5.73 Å². The van der Waals surface area contributed by atoms with Gasteiger partial charge in [-0.3, -0.25) is 0 Å². The maximum Gasteiger partial charge on any atom is 0.245 e. The molecule has 1 aliphatic heterocycles. The lowest BCUT2D eigenvalue weighted by molar-refractivity contribution is 0.291. The molecule has 0 atom stereocenters. The van der Waals surface area contributed by atoms with Crippen LogP contribution in [0, 0.1) is 0 Å². The molecule has 0 aliphatic carbocycles. The van der Waals surface area contributed by atoms with Crippen LogP contribution >= 0.6 is 31.9 Å². The summed E-state index contributed by atoms with van der Waals surface area (Å²) in [6, 6.07) is 3.22. The number of hydrogen-bond donors (Lipinski definition) is 1. The average molecular weight is 412 g/mol. The molecule has 106 valence electrons. The summed E-state index contributed by atoms with van der Waals surface area (Å²) in [5.41, 5.74) is 5.87. The van der Waals surface area contributed by atoms with E-state index in [4.69, 9.17) is 5.73 Å². The number of halogens is 2. The van der Waals surface area contributed by atoms with Crippen molar-refractivity contribution in [3.63, 3.8) is 0 Å². The molecule has 0 radical (unpaired) electrons. The van der Waals surface area contributed by atoms with Crippen LogP contribution in [0.3, 0.4) is 0 Å². The van der Waals surface area contributed by atoms with Crippen molar-refractivity contribution in [3.05, 3.63) is 21.1 Å². The standard InChI is InChI=1S/C12H16Br2N2O2S/c1-12(2)4-3-5-16(12)19(17,18)11-9(13)6-8(15)7-10(11)14/h6-7H,3-5,15H2,1-2H3. The summed E-state index contributed by atoms with van der Waals surface area (Å²) in [6.45, 7) is 4.46. The van der Waals surface area contributed by atoms with Crippen LogP contribution in [0.5, 0.6) is 0 Å². The van der Waals surface area contributed by atoms with Crippen LogP contribution < -0.4 is 5.73 Å². The summed E-state index contributed by atoms with van der Waals surface area (Å²) in [7, 11) is -3.54. The third kappa shape index (κ3) is 2.70. The highest BCUT2D eigenvalue weighted by Gasteiger charge is 2.42. The normalized spacial score (nSPS) is 19.8. The number of sulfonamides is 1. The van der Waals surface area contributed by atoms with Crippen LogP contribution in [0.1, 0.15) is 26.7 Å². The lowest BCUT2D eigenvalue weighted by Gasteiger charge is -2.31. The summed E-state index contributed by atoms with van der Waals surface area (Å²) in [5.74, 6) is 0. The number of rotatable bonds is 2. The molecule has 0 amide bonds. The molecule has 0 saturated carbocycles. The van der Waals surface area contributed by atoms with Gasteiger partial charge in [-0.05, 0) is 70.7 Å². The van der Waals surface area contributed by atoms with Crippen LogP contribution in [-0.2, 0) is 10.0 Å². The average Bonchev–Trinajstić information content (AvgIpc) is 2.56. The lowest BCUT2D eigenvalue weighted by Crippen LogP contribution is -2.42. The van der Waals surface area contributed by atoms with E-state index < -0.39 is 10.0 Å². The molecule has 2 N–H and O–H groups in total. The number of hydrogen-bond acceptors (Lipinski definition) is 3. The Morgan fingerprint density at radius 3 is 2.21 bits per heavy atom. The molecular weight excluding hydrogens is 396 g/mol. The second kappa shape index (κ2) is 5.02. The summed E-state index contributed by atoms with van der Waals surface area (Å²) in [5, 5.41) is 0. The van der Waals surface area contributed by atoms with E-state index in [0.717, 1.165) is 12.8 Å². The Morgan fingerprint density at radius 1 is 1.26 bits per heavy atom. The maximum absolute atomic E-state index is 12.8. The molecule has 1 aromatic carbocycles. The highest BCUT2D eigenvalue weighted by Crippen LogP contribution is 2.39. The fraction of sp³-hybridized carbons (Fsp3) is 0.500. The van der Waals surface area contributed by atoms with Gasteiger partial charge in [0.1, 0.15) is 4.90 Å². The van der Waals surface area contributed by atoms with E-state index >= 15 is 0 Å². The van der Waals surface area contributed by atoms with Crippen molar-refractivity contribution in [3.8, 4) is 0 Å². The molecule has 19 heavy (non-hydrogen) atoms. The zero-order valence-electron chi connectivity index (χ0n) is 10.8. The van der Waals surface area contributed by atoms with Crippen LogP contribution in [-0.4, -0.2) is 24.8 Å². The Labute approximate surface area is 130 Å². The van der Waals surface area contributed by atoms with Crippen LogP contribution in [0.2, 0.25) is 0 Å². The molecule has 0 aromatic heterocycles. The topological polar surface area (TPSA) is 63.4 Å². The third-order valence-electron chi connectivity index (χ3n) is 3.39. The molecule has 1 heterocycles. The van der Waals surface area contributed by atoms with E-state index in [2.05, 4.69) is 31.9 Å². The molecule has 4 nitrogen and oxygen atoms in total. The van der Waals surface area contributed by atoms with E-state index in [0.29, 0.717) is 21.2 Å². The lowest BCUT2D eigenvalue weighted by atomic mass is 10.0. The van der Waals surface area contributed by atoms with Gasteiger partial charge in [-0.15, -0.1) is 0 Å². The van der Waals surface area contributed by atoms with Gasteiger partial charge in [0.15, 0.2) is 0 Å². The first-order chi connectivity index (χ1) is 8.66. The number of nitrogens with two attached hydrogens (primary N) is 1. The molecule has 1 saturated heterocycles. The molecule has 7 heteroatoms. The van der Waals surface area contributed by atoms with Gasteiger partial charge in [0.2, 0.25) is 10.0 Å². The van der Waals surface area contributed by atoms with Gasteiger partial charge in [-0.2, -0.15) is 4.31 Å². The van der Waals surface area contributed by atoms with Crippen molar-refractivity contribution in [1.82, 2.24) is 4.31 Å². The molecule has 0 unspecified atom stereocenters. The molecule has 2 rings (SSSR count). The van der Waals surface area contributed by atoms with Crippen molar-refractivity contribution >= 4 is 47.6 Å². The predicted molar refractivity (Wildman–Crippen MR) is 83.5 cm³/mol. The molecular formula is C12H16Br2N2O2S. The zero-order valence-corrected chi connectivity index (χ0v) is 14.8. The smallest absolute Gasteiger partial charge is 0.245 e. The fourth-order valence-corrected chi connectivity index (χ4v) is 6.86. The second-order valence-electron chi connectivity index (χ2n) is 5.31. The van der Waals surface area contributed by atoms with Gasteiger partial charge in [0.05, 0.1) is 0 Å². The Hall–Kier alpha value is -0.110. The van der Waals surface area contributed by atoms with Crippen LogP contribution in [0.15, 0.2) is 26.0 Å². The maximum atomic E-state index is 12.8. The van der Waals surface area contributed by atoms with Crippen molar-refractivity contribution in [1.29, 1.82) is 0 Å². The molecule has 1 aromatic rings. The number of benzene rings is 1. The van der Waals surface area contributed by atoms with Gasteiger partial charge in [0, 0.05) is 26.7 Å². The summed E-state index contributed by atoms with van der Waals surface area (Å²) in [4.78, 5) is 0.247. The summed E-state index contributed by atoms with van der Waals surface area (Å²) in [6.07, 6.45) is 1.76. The number of anilines is 1. The SMILES string of the molecule is CC1(C)CCCN1S(=O)(=O)c1c(Br)cc(N)cc1Br. The Balaban J connectivity index is 2.58. The first kappa shape index (κ1) is 15.3. The van der Waals surface area contributed by atoms with Gasteiger partial charge in [-0.1, -0.05) is 0 Å². The molecule has 0 spiro atoms. The molecule has 1 aliphatic rings. The van der Waals surface area contributed by atoms with Crippen molar-refractivity contribution in [2.45, 2.75) is 37.1 Å². The highest BCUT2D eigenvalue weighted by molar-refractivity contribution is 9.11. The monoisotopic (exact) mass is 410 g/mol. The minimum absolute atomic E-state index is 0.247. The van der Waals surface area contributed by atoms with Crippen molar-refractivity contribution < 1.29 is 8.42 Å². The van der Waals surface area contributed by atoms with Crippen molar-refractivity contribution in [2.24, 2.45) is 0 Å². The minimum Gasteiger partial charge on any atom is -0.399 e. The first-order valence-corrected chi connectivity index (χ1v) is 8.96. The molecule has 1 fully saturated rings. The predicted octanol–water partition coefficient (Wildman–Crippen LogP) is 3.36. The van der Waals surface area contributed by atoms with Crippen LogP contribution in [0.4, 0.5) is 5.69 Å². The number of nitrogens with zero attached hydrogens (tertiary/aromatic N) is 1. The van der Waals surface area contributed by atoms with Crippen LogP contribution in [0.25, 0.3) is 0 Å². The van der Waals surface area contributed by atoms with E-state index in [1.165, 1.54) is 0 Å². The van der Waals surface area contributed by atoms with E-state index in [-0.39, 0.29) is 10.4 Å². The largest absolute Gasteiger partial charge is 0.399 e. The van der Waals surface area contributed by atoms with Gasteiger partial charge in [-0.25, -0.2) is 8.42 Å². The number of nitrogen functional groups attached to an aromatic ring is 1. The summed E-state index contributed by atoms with van der Waals surface area (Å²) < 4.78 is 28.2. The second-order valence-corrected chi connectivity index (χ2v) is 8.81. The Morgan fingerprint density at radius 2 is 1.79 bits per heavy atom. The minimum atomic E-state index is -3.54. The van der Waals surface area contributed by atoms with E-state index in [9.17, 15) is 8.42 Å². The summed E-state index contributed by atoms with van der Waals surface area (Å²) >= 11 is 6.61. The van der Waals surface area contributed by atoms with Crippen molar-refractivity contribution in [2.75, 3.05) is 12.3 Å². The first-order valence-electron chi connectivity index (χ1n) is 5.93. The Kier molecular flexibility index (Phi) is 4.04. The van der Waals surface area contributed by atoms with Gasteiger partial charge >= 0.3 is 0 Å². The third-order valence-corrected chi connectivity index (χ3v) is 7.38. The van der Waals surface area contributed by atoms with E-state index in [1.807, 2.05) is 13.8 Å². The highest BCUT2D eigenvalue weighted by atomic mass is 79.9. The van der Waals surface area contributed by atoms with E-state index in [1.54, 1.807) is 16.4 Å².